The maximum Gasteiger partial charge on any atom is 0.360 e. The Balaban J connectivity index is 2.19. The number of amides is 1. The minimum Gasteiger partial charge on any atom is -0.464 e. The van der Waals surface area contributed by atoms with Crippen LogP contribution in [-0.2, 0) is 22.5 Å². The predicted molar refractivity (Wildman–Crippen MR) is 68.5 cm³/mol. The SMILES string of the molecule is CCc1nc(C(=O)OC)c(N)n1CC(=O)NC1CC1. The van der Waals surface area contributed by atoms with Crippen LogP contribution in [0.5, 0.6) is 0 Å². The summed E-state index contributed by atoms with van der Waals surface area (Å²) < 4.78 is 6.17. The monoisotopic (exact) mass is 266 g/mol. The molecule has 1 fully saturated rings. The number of methoxy groups -OCH3 is 1. The van der Waals surface area contributed by atoms with Gasteiger partial charge in [0.15, 0.2) is 5.69 Å². The van der Waals surface area contributed by atoms with E-state index in [-0.39, 0.29) is 24.0 Å². The molecule has 0 radical (unpaired) electrons. The summed E-state index contributed by atoms with van der Waals surface area (Å²) in [5, 5.41) is 2.87. The number of hydrogen-bond acceptors (Lipinski definition) is 5. The zero-order chi connectivity index (χ0) is 14.0. The number of carbonyl (C=O) groups excluding carboxylic acids is 2. The summed E-state index contributed by atoms with van der Waals surface area (Å²) in [6, 6.07) is 0.294. The van der Waals surface area contributed by atoms with Gasteiger partial charge in [0.1, 0.15) is 18.2 Å². The van der Waals surface area contributed by atoms with Crippen molar-refractivity contribution in [3.8, 4) is 0 Å². The molecule has 7 heteroatoms. The van der Waals surface area contributed by atoms with Gasteiger partial charge in [0.05, 0.1) is 7.11 Å². The first kappa shape index (κ1) is 13.4. The smallest absolute Gasteiger partial charge is 0.360 e. The Hall–Kier alpha value is -2.05. The van der Waals surface area contributed by atoms with Crippen molar-refractivity contribution < 1.29 is 14.3 Å². The molecule has 7 nitrogen and oxygen atoms in total. The lowest BCUT2D eigenvalue weighted by atomic mass is 10.4. The molecule has 0 aliphatic heterocycles. The number of ether oxygens (including phenoxy) is 1. The molecule has 1 saturated carbocycles. The Morgan fingerprint density at radius 2 is 2.21 bits per heavy atom. The number of aryl methyl sites for hydroxylation is 1. The highest BCUT2D eigenvalue weighted by Crippen LogP contribution is 2.19. The number of rotatable bonds is 5. The number of carbonyl (C=O) groups is 2. The van der Waals surface area contributed by atoms with E-state index in [1.54, 1.807) is 4.57 Å². The van der Waals surface area contributed by atoms with Crippen molar-refractivity contribution in [1.29, 1.82) is 0 Å². The van der Waals surface area contributed by atoms with Gasteiger partial charge in [-0.1, -0.05) is 6.92 Å². The Kier molecular flexibility index (Phi) is 3.73. The van der Waals surface area contributed by atoms with Crippen LogP contribution in [0.1, 0.15) is 36.1 Å². The van der Waals surface area contributed by atoms with Gasteiger partial charge < -0.3 is 20.4 Å². The zero-order valence-corrected chi connectivity index (χ0v) is 11.1. The maximum atomic E-state index is 11.8. The van der Waals surface area contributed by atoms with E-state index in [4.69, 9.17) is 5.73 Å². The van der Waals surface area contributed by atoms with Crippen molar-refractivity contribution in [1.82, 2.24) is 14.9 Å². The molecule has 19 heavy (non-hydrogen) atoms. The van der Waals surface area contributed by atoms with Crippen molar-refractivity contribution in [2.45, 2.75) is 38.8 Å². The summed E-state index contributed by atoms with van der Waals surface area (Å²) in [7, 11) is 1.27. The number of imidazole rings is 1. The van der Waals surface area contributed by atoms with E-state index in [1.807, 2.05) is 6.92 Å². The Bertz CT molecular complexity index is 505. The molecule has 0 bridgehead atoms. The Labute approximate surface area is 111 Å². The van der Waals surface area contributed by atoms with Crippen LogP contribution in [0.2, 0.25) is 0 Å². The Morgan fingerprint density at radius 1 is 1.53 bits per heavy atom. The first-order chi connectivity index (χ1) is 9.06. The fourth-order valence-electron chi connectivity index (χ4n) is 1.85. The van der Waals surface area contributed by atoms with Gasteiger partial charge in [-0.2, -0.15) is 0 Å². The summed E-state index contributed by atoms with van der Waals surface area (Å²) in [6.07, 6.45) is 2.64. The summed E-state index contributed by atoms with van der Waals surface area (Å²) in [6.45, 7) is 1.97. The number of nitrogens with two attached hydrogens (primary N) is 1. The highest BCUT2D eigenvalue weighted by atomic mass is 16.5. The van der Waals surface area contributed by atoms with Gasteiger partial charge in [0.25, 0.3) is 0 Å². The van der Waals surface area contributed by atoms with Crippen molar-refractivity contribution in [3.05, 3.63) is 11.5 Å². The van der Waals surface area contributed by atoms with E-state index in [0.717, 1.165) is 12.8 Å². The number of esters is 1. The molecular formula is C12H18N4O3. The third-order valence-electron chi connectivity index (χ3n) is 3.03. The number of aromatic nitrogens is 2. The number of nitrogens with zero attached hydrogens (tertiary/aromatic N) is 2. The fraction of sp³-hybridized carbons (Fsp3) is 0.583. The topological polar surface area (TPSA) is 99.2 Å². The molecule has 104 valence electrons. The lowest BCUT2D eigenvalue weighted by molar-refractivity contribution is -0.121. The van der Waals surface area contributed by atoms with Crippen molar-refractivity contribution in [2.24, 2.45) is 0 Å². The van der Waals surface area contributed by atoms with E-state index in [1.165, 1.54) is 7.11 Å². The fourth-order valence-corrected chi connectivity index (χ4v) is 1.85. The van der Waals surface area contributed by atoms with Crippen LogP contribution >= 0.6 is 0 Å². The van der Waals surface area contributed by atoms with Crippen LogP contribution < -0.4 is 11.1 Å². The molecule has 1 heterocycles. The molecule has 0 saturated heterocycles. The van der Waals surface area contributed by atoms with Crippen LogP contribution in [0.4, 0.5) is 5.82 Å². The summed E-state index contributed by atoms with van der Waals surface area (Å²) in [5.41, 5.74) is 5.94. The average Bonchev–Trinajstić information content (AvgIpc) is 3.15. The molecule has 0 aromatic carbocycles. The molecule has 1 aliphatic rings. The highest BCUT2D eigenvalue weighted by molar-refractivity contribution is 5.92. The van der Waals surface area contributed by atoms with E-state index in [9.17, 15) is 9.59 Å². The standard InChI is InChI=1S/C12H18N4O3/c1-3-8-15-10(12(18)19-2)11(13)16(8)6-9(17)14-7-4-5-7/h7H,3-6,13H2,1-2H3,(H,14,17). The summed E-state index contributed by atoms with van der Waals surface area (Å²) in [4.78, 5) is 27.4. The highest BCUT2D eigenvalue weighted by Gasteiger charge is 2.25. The van der Waals surface area contributed by atoms with Gasteiger partial charge in [-0.3, -0.25) is 4.79 Å². The zero-order valence-electron chi connectivity index (χ0n) is 11.1. The van der Waals surface area contributed by atoms with E-state index >= 15 is 0 Å². The van der Waals surface area contributed by atoms with Crippen LogP contribution in [0.15, 0.2) is 0 Å². The number of nitrogens with one attached hydrogen (secondary N) is 1. The molecule has 0 atom stereocenters. The second-order valence-electron chi connectivity index (χ2n) is 4.53. The average molecular weight is 266 g/mol. The molecule has 1 aromatic heterocycles. The largest absolute Gasteiger partial charge is 0.464 e. The first-order valence-electron chi connectivity index (χ1n) is 6.29. The number of nitrogen functional groups attached to an aromatic ring is 1. The molecule has 1 aromatic rings. The molecule has 0 unspecified atom stereocenters. The van der Waals surface area contributed by atoms with Crippen LogP contribution in [-0.4, -0.2) is 34.6 Å². The number of anilines is 1. The quantitative estimate of drug-likeness (QED) is 0.736. The molecule has 1 aliphatic carbocycles. The molecular weight excluding hydrogens is 248 g/mol. The lowest BCUT2D eigenvalue weighted by Crippen LogP contribution is -2.30. The van der Waals surface area contributed by atoms with Crippen LogP contribution in [0.25, 0.3) is 0 Å². The number of hydrogen-bond donors (Lipinski definition) is 2. The predicted octanol–water partition coefficient (Wildman–Crippen LogP) is 0.0929. The second kappa shape index (κ2) is 5.29. The third kappa shape index (κ3) is 2.86. The van der Waals surface area contributed by atoms with Crippen molar-refractivity contribution in [2.75, 3.05) is 12.8 Å². The van der Waals surface area contributed by atoms with Gasteiger partial charge in [-0.15, -0.1) is 0 Å². The molecule has 1 amide bonds. The van der Waals surface area contributed by atoms with Crippen LogP contribution in [0, 0.1) is 0 Å². The summed E-state index contributed by atoms with van der Waals surface area (Å²) in [5.74, 6) is 0.0739. The van der Waals surface area contributed by atoms with Gasteiger partial charge in [0.2, 0.25) is 5.91 Å². The normalized spacial score (nSPS) is 14.2. The van der Waals surface area contributed by atoms with Crippen molar-refractivity contribution in [3.63, 3.8) is 0 Å². The third-order valence-corrected chi connectivity index (χ3v) is 3.03. The van der Waals surface area contributed by atoms with Gasteiger partial charge >= 0.3 is 5.97 Å². The molecule has 3 N–H and O–H groups in total. The molecule has 0 spiro atoms. The van der Waals surface area contributed by atoms with E-state index in [0.29, 0.717) is 18.3 Å². The van der Waals surface area contributed by atoms with Gasteiger partial charge in [-0.25, -0.2) is 9.78 Å². The Morgan fingerprint density at radius 3 is 2.74 bits per heavy atom. The van der Waals surface area contributed by atoms with Crippen molar-refractivity contribution >= 4 is 17.7 Å². The van der Waals surface area contributed by atoms with Crippen LogP contribution in [0.3, 0.4) is 0 Å². The van der Waals surface area contributed by atoms with E-state index < -0.39 is 5.97 Å². The maximum absolute atomic E-state index is 11.8. The second-order valence-corrected chi connectivity index (χ2v) is 4.53. The first-order valence-corrected chi connectivity index (χ1v) is 6.29. The van der Waals surface area contributed by atoms with Gasteiger partial charge in [-0.05, 0) is 12.8 Å². The van der Waals surface area contributed by atoms with Gasteiger partial charge in [0, 0.05) is 12.5 Å². The summed E-state index contributed by atoms with van der Waals surface area (Å²) >= 11 is 0. The van der Waals surface area contributed by atoms with E-state index in [2.05, 4.69) is 15.0 Å². The minimum absolute atomic E-state index is 0.0681. The lowest BCUT2D eigenvalue weighted by Gasteiger charge is -2.08. The minimum atomic E-state index is -0.589. The molecule has 2 rings (SSSR count).